The van der Waals surface area contributed by atoms with Crippen LogP contribution in [0.5, 0.6) is 0 Å². The van der Waals surface area contributed by atoms with Gasteiger partial charge in [-0.25, -0.2) is 4.98 Å². The highest BCUT2D eigenvalue weighted by Gasteiger charge is 2.04. The van der Waals surface area contributed by atoms with Crippen molar-refractivity contribution in [3.63, 3.8) is 0 Å². The quantitative estimate of drug-likeness (QED) is 0.353. The molecule has 0 saturated heterocycles. The van der Waals surface area contributed by atoms with Crippen molar-refractivity contribution in [1.29, 1.82) is 0 Å². The van der Waals surface area contributed by atoms with E-state index in [4.69, 9.17) is 4.98 Å². The number of hydrogen-bond donors (Lipinski definition) is 0. The third kappa shape index (κ3) is 3.21. The van der Waals surface area contributed by atoms with Crippen molar-refractivity contribution >= 4 is 28.6 Å². The van der Waals surface area contributed by atoms with E-state index in [0.29, 0.717) is 0 Å². The molecule has 0 radical (unpaired) electrons. The fourth-order valence-electron chi connectivity index (χ4n) is 3.47. The molecule has 0 aliphatic rings. The van der Waals surface area contributed by atoms with Gasteiger partial charge in [-0.05, 0) is 47.0 Å². The van der Waals surface area contributed by atoms with Crippen molar-refractivity contribution in [3.05, 3.63) is 108 Å². The standard InChI is InChI=1S/C26H20N2/c1-19-6-11-23(12-7-19)25-18-28-15-14-21(17-26(28)27-25)9-8-20-10-13-22-4-2-3-5-24(22)16-20/h2-18H,1H3/b9-8+. The Labute approximate surface area is 164 Å². The van der Waals surface area contributed by atoms with Crippen LogP contribution in [0.4, 0.5) is 0 Å². The maximum Gasteiger partial charge on any atom is 0.138 e. The first kappa shape index (κ1) is 16.5. The molecule has 0 N–H and O–H groups in total. The molecular weight excluding hydrogens is 340 g/mol. The van der Waals surface area contributed by atoms with E-state index in [-0.39, 0.29) is 0 Å². The highest BCUT2D eigenvalue weighted by Crippen LogP contribution is 2.21. The molecule has 2 heteroatoms. The first-order valence-corrected chi connectivity index (χ1v) is 9.47. The Morgan fingerprint density at radius 3 is 2.32 bits per heavy atom. The number of benzene rings is 3. The summed E-state index contributed by atoms with van der Waals surface area (Å²) in [7, 11) is 0. The molecule has 0 bridgehead atoms. The Kier molecular flexibility index (Phi) is 4.02. The second-order valence-corrected chi connectivity index (χ2v) is 7.16. The maximum absolute atomic E-state index is 4.80. The van der Waals surface area contributed by atoms with Crippen molar-refractivity contribution in [2.75, 3.05) is 0 Å². The lowest BCUT2D eigenvalue weighted by Crippen LogP contribution is -1.83. The normalized spacial score (nSPS) is 11.6. The van der Waals surface area contributed by atoms with E-state index < -0.39 is 0 Å². The summed E-state index contributed by atoms with van der Waals surface area (Å²) in [6.07, 6.45) is 8.45. The molecule has 5 aromatic rings. The third-order valence-corrected chi connectivity index (χ3v) is 5.07. The summed E-state index contributed by atoms with van der Waals surface area (Å²) in [6, 6.07) is 27.7. The summed E-state index contributed by atoms with van der Waals surface area (Å²) < 4.78 is 2.07. The summed E-state index contributed by atoms with van der Waals surface area (Å²) in [4.78, 5) is 4.80. The first-order chi connectivity index (χ1) is 13.7. The van der Waals surface area contributed by atoms with Crippen LogP contribution in [0.15, 0.2) is 91.3 Å². The zero-order valence-corrected chi connectivity index (χ0v) is 15.7. The summed E-state index contributed by atoms with van der Waals surface area (Å²) >= 11 is 0. The van der Waals surface area contributed by atoms with Crippen LogP contribution in [0.3, 0.4) is 0 Å². The van der Waals surface area contributed by atoms with Crippen LogP contribution in [0, 0.1) is 6.92 Å². The van der Waals surface area contributed by atoms with Gasteiger partial charge in [0, 0.05) is 18.0 Å². The van der Waals surface area contributed by atoms with Crippen molar-refractivity contribution in [3.8, 4) is 11.3 Å². The smallest absolute Gasteiger partial charge is 0.138 e. The highest BCUT2D eigenvalue weighted by atomic mass is 15.0. The van der Waals surface area contributed by atoms with Gasteiger partial charge in [0.1, 0.15) is 5.65 Å². The van der Waals surface area contributed by atoms with Gasteiger partial charge in [-0.15, -0.1) is 0 Å². The first-order valence-electron chi connectivity index (χ1n) is 9.47. The summed E-state index contributed by atoms with van der Waals surface area (Å²) in [5.74, 6) is 0. The minimum Gasteiger partial charge on any atom is -0.306 e. The molecule has 0 aliphatic heterocycles. The number of nitrogens with zero attached hydrogens (tertiary/aromatic N) is 2. The van der Waals surface area contributed by atoms with Gasteiger partial charge in [0.2, 0.25) is 0 Å². The Morgan fingerprint density at radius 2 is 1.50 bits per heavy atom. The number of pyridine rings is 1. The molecule has 134 valence electrons. The Hall–Kier alpha value is -3.65. The van der Waals surface area contributed by atoms with Gasteiger partial charge >= 0.3 is 0 Å². The number of imidazole rings is 1. The van der Waals surface area contributed by atoms with E-state index >= 15 is 0 Å². The van der Waals surface area contributed by atoms with Gasteiger partial charge in [-0.3, -0.25) is 0 Å². The summed E-state index contributed by atoms with van der Waals surface area (Å²) in [5, 5.41) is 2.53. The van der Waals surface area contributed by atoms with Crippen molar-refractivity contribution in [1.82, 2.24) is 9.38 Å². The van der Waals surface area contributed by atoms with E-state index in [2.05, 4.69) is 115 Å². The fraction of sp³-hybridized carbons (Fsp3) is 0.0385. The van der Waals surface area contributed by atoms with Crippen molar-refractivity contribution in [2.45, 2.75) is 6.92 Å². The van der Waals surface area contributed by atoms with E-state index in [0.717, 1.165) is 22.5 Å². The van der Waals surface area contributed by atoms with Crippen LogP contribution in [0.25, 0.3) is 39.8 Å². The number of hydrogen-bond acceptors (Lipinski definition) is 1. The van der Waals surface area contributed by atoms with Crippen LogP contribution < -0.4 is 0 Å². The molecule has 0 spiro atoms. The lowest BCUT2D eigenvalue weighted by Gasteiger charge is -2.00. The second-order valence-electron chi connectivity index (χ2n) is 7.16. The van der Waals surface area contributed by atoms with Crippen LogP contribution in [0.1, 0.15) is 16.7 Å². The average molecular weight is 360 g/mol. The largest absolute Gasteiger partial charge is 0.306 e. The molecule has 0 unspecified atom stereocenters. The van der Waals surface area contributed by atoms with Crippen LogP contribution >= 0.6 is 0 Å². The fourth-order valence-corrected chi connectivity index (χ4v) is 3.47. The molecule has 0 fully saturated rings. The third-order valence-electron chi connectivity index (χ3n) is 5.07. The van der Waals surface area contributed by atoms with Gasteiger partial charge in [-0.2, -0.15) is 0 Å². The molecule has 0 saturated carbocycles. The number of aromatic nitrogens is 2. The van der Waals surface area contributed by atoms with E-state index in [1.54, 1.807) is 0 Å². The highest BCUT2D eigenvalue weighted by molar-refractivity contribution is 5.86. The molecule has 0 atom stereocenters. The van der Waals surface area contributed by atoms with Gasteiger partial charge in [0.05, 0.1) is 5.69 Å². The summed E-state index contributed by atoms with van der Waals surface area (Å²) in [6.45, 7) is 2.10. The monoisotopic (exact) mass is 360 g/mol. The zero-order valence-electron chi connectivity index (χ0n) is 15.7. The Morgan fingerprint density at radius 1 is 0.750 bits per heavy atom. The van der Waals surface area contributed by atoms with Gasteiger partial charge in [-0.1, -0.05) is 78.4 Å². The SMILES string of the molecule is Cc1ccc(-c2cn3ccc(/C=C/c4ccc5ccccc5c4)cc3n2)cc1. The second kappa shape index (κ2) is 6.82. The molecule has 2 heterocycles. The number of aryl methyl sites for hydroxylation is 1. The molecule has 0 aliphatic carbocycles. The van der Waals surface area contributed by atoms with Crippen LogP contribution in [-0.4, -0.2) is 9.38 Å². The lowest BCUT2D eigenvalue weighted by atomic mass is 10.1. The van der Waals surface area contributed by atoms with Crippen molar-refractivity contribution in [2.24, 2.45) is 0 Å². The zero-order chi connectivity index (χ0) is 18.9. The van der Waals surface area contributed by atoms with Gasteiger partial charge in [0.15, 0.2) is 0 Å². The Balaban J connectivity index is 1.45. The van der Waals surface area contributed by atoms with Crippen LogP contribution in [0.2, 0.25) is 0 Å². The molecule has 3 aromatic carbocycles. The molecule has 2 aromatic heterocycles. The molecule has 5 rings (SSSR count). The van der Waals surface area contributed by atoms with Gasteiger partial charge < -0.3 is 4.40 Å². The minimum absolute atomic E-state index is 0.955. The van der Waals surface area contributed by atoms with Gasteiger partial charge in [0.25, 0.3) is 0 Å². The average Bonchev–Trinajstić information content (AvgIpc) is 3.16. The Bertz CT molecular complexity index is 1310. The molecule has 28 heavy (non-hydrogen) atoms. The minimum atomic E-state index is 0.955. The van der Waals surface area contributed by atoms with E-state index in [1.165, 1.54) is 21.9 Å². The van der Waals surface area contributed by atoms with E-state index in [9.17, 15) is 0 Å². The summed E-state index contributed by atoms with van der Waals surface area (Å²) in [5.41, 5.74) is 6.69. The molecule has 2 nitrogen and oxygen atoms in total. The van der Waals surface area contributed by atoms with Crippen LogP contribution in [-0.2, 0) is 0 Å². The predicted molar refractivity (Wildman–Crippen MR) is 118 cm³/mol. The lowest BCUT2D eigenvalue weighted by molar-refractivity contribution is 1.18. The number of fused-ring (bicyclic) bond motifs is 2. The van der Waals surface area contributed by atoms with Crippen molar-refractivity contribution < 1.29 is 0 Å². The topological polar surface area (TPSA) is 17.3 Å². The molecular formula is C26H20N2. The number of rotatable bonds is 3. The predicted octanol–water partition coefficient (Wildman–Crippen LogP) is 6.63. The van der Waals surface area contributed by atoms with E-state index in [1.807, 2.05) is 0 Å². The molecule has 0 amide bonds. The maximum atomic E-state index is 4.80.